The van der Waals surface area contributed by atoms with E-state index in [-0.39, 0.29) is 11.3 Å². The first-order valence-corrected chi connectivity index (χ1v) is 9.89. The van der Waals surface area contributed by atoms with E-state index < -0.39 is 23.9 Å². The molecule has 0 saturated heterocycles. The fraction of sp³-hybridized carbons (Fsp3) is 0.120. The first kappa shape index (κ1) is 20.2. The average Bonchev–Trinajstić information content (AvgIpc) is 3.07. The number of nitrogens with zero attached hydrogens (tertiary/aromatic N) is 1. The number of fused-ring (bicyclic) bond motifs is 1. The first-order chi connectivity index (χ1) is 15.0. The molecule has 2 amide bonds. The maximum atomic E-state index is 12.6. The highest BCUT2D eigenvalue weighted by molar-refractivity contribution is 6.34. The van der Waals surface area contributed by atoms with Crippen LogP contribution in [0.25, 0.3) is 0 Å². The molecule has 0 N–H and O–H groups in total. The van der Waals surface area contributed by atoms with Crippen molar-refractivity contribution < 1.29 is 23.9 Å². The Bertz CT molecular complexity index is 1130. The van der Waals surface area contributed by atoms with Crippen LogP contribution in [0.15, 0.2) is 78.9 Å². The number of carbonyl (C=O) groups is 4. The first-order valence-electron chi connectivity index (χ1n) is 9.89. The van der Waals surface area contributed by atoms with E-state index in [1.54, 1.807) is 61.5 Å². The van der Waals surface area contributed by atoms with Crippen molar-refractivity contribution >= 4 is 29.3 Å². The summed E-state index contributed by atoms with van der Waals surface area (Å²) < 4.78 is 5.42. The fourth-order valence-electron chi connectivity index (χ4n) is 3.48. The lowest BCUT2D eigenvalue weighted by atomic mass is 10.0. The molecule has 6 heteroatoms. The lowest BCUT2D eigenvalue weighted by molar-refractivity contribution is 0.0277. The summed E-state index contributed by atoms with van der Waals surface area (Å²) in [6.45, 7) is 1.77. The molecule has 1 aliphatic heterocycles. The minimum Gasteiger partial charge on any atom is -0.450 e. The molecule has 3 aromatic carbocycles. The number of ketones is 1. The second-order valence-corrected chi connectivity index (χ2v) is 7.07. The molecular weight excluding hydrogens is 394 g/mol. The number of hydrogen-bond acceptors (Lipinski definition) is 5. The van der Waals surface area contributed by atoms with Crippen LogP contribution in [0.3, 0.4) is 0 Å². The average molecular weight is 413 g/mol. The van der Waals surface area contributed by atoms with E-state index in [1.807, 2.05) is 0 Å². The van der Waals surface area contributed by atoms with Crippen LogP contribution in [0.2, 0.25) is 0 Å². The number of imide groups is 1. The second kappa shape index (κ2) is 8.36. The number of ether oxygens (including phenoxy) is 1. The van der Waals surface area contributed by atoms with Gasteiger partial charge in [0, 0.05) is 5.56 Å². The summed E-state index contributed by atoms with van der Waals surface area (Å²) in [5.41, 5.74) is 1.75. The van der Waals surface area contributed by atoms with Gasteiger partial charge in [-0.25, -0.2) is 9.69 Å². The van der Waals surface area contributed by atoms with Crippen molar-refractivity contribution in [2.45, 2.75) is 19.4 Å². The molecule has 3 aromatic rings. The molecule has 0 fully saturated rings. The van der Waals surface area contributed by atoms with Crippen LogP contribution in [0.1, 0.15) is 54.8 Å². The Morgan fingerprint density at radius 3 is 1.87 bits per heavy atom. The van der Waals surface area contributed by atoms with Crippen molar-refractivity contribution in [3.8, 4) is 0 Å². The molecule has 1 atom stereocenters. The SMILES string of the molecule is CC[C@H](OC(=O)c1ccc(N2C(=O)c3ccccc3C2=O)cc1)C(=O)c1ccccc1. The normalized spacial score (nSPS) is 13.6. The Labute approximate surface area is 179 Å². The Morgan fingerprint density at radius 2 is 1.32 bits per heavy atom. The molecule has 1 aliphatic rings. The molecule has 154 valence electrons. The largest absolute Gasteiger partial charge is 0.450 e. The quantitative estimate of drug-likeness (QED) is 0.342. The van der Waals surface area contributed by atoms with Gasteiger partial charge in [0.05, 0.1) is 22.4 Å². The van der Waals surface area contributed by atoms with Crippen molar-refractivity contribution in [1.82, 2.24) is 0 Å². The van der Waals surface area contributed by atoms with Crippen molar-refractivity contribution in [2.24, 2.45) is 0 Å². The lowest BCUT2D eigenvalue weighted by Crippen LogP contribution is -2.29. The molecule has 1 heterocycles. The summed E-state index contributed by atoms with van der Waals surface area (Å²) >= 11 is 0. The maximum absolute atomic E-state index is 12.6. The predicted octanol–water partition coefficient (Wildman–Crippen LogP) is 4.31. The number of benzene rings is 3. The molecule has 0 spiro atoms. The van der Waals surface area contributed by atoms with Crippen molar-refractivity contribution in [2.75, 3.05) is 4.90 Å². The number of amides is 2. The molecule has 6 nitrogen and oxygen atoms in total. The van der Waals surface area contributed by atoms with Gasteiger partial charge in [-0.2, -0.15) is 0 Å². The number of hydrogen-bond donors (Lipinski definition) is 0. The number of rotatable bonds is 6. The minimum atomic E-state index is -0.897. The summed E-state index contributed by atoms with van der Waals surface area (Å²) in [4.78, 5) is 51.4. The van der Waals surface area contributed by atoms with E-state index in [0.29, 0.717) is 28.8 Å². The van der Waals surface area contributed by atoms with E-state index in [4.69, 9.17) is 4.74 Å². The third-order valence-electron chi connectivity index (χ3n) is 5.13. The summed E-state index contributed by atoms with van der Waals surface area (Å²) in [6.07, 6.45) is -0.558. The van der Waals surface area contributed by atoms with Crippen LogP contribution in [0.5, 0.6) is 0 Å². The number of Topliss-reactive ketones (excluding diaryl/α,β-unsaturated/α-hetero) is 1. The summed E-state index contributed by atoms with van der Waals surface area (Å²) in [5, 5.41) is 0. The van der Waals surface area contributed by atoms with Crippen LogP contribution >= 0.6 is 0 Å². The van der Waals surface area contributed by atoms with E-state index in [2.05, 4.69) is 0 Å². The van der Waals surface area contributed by atoms with E-state index in [9.17, 15) is 19.2 Å². The highest BCUT2D eigenvalue weighted by Gasteiger charge is 2.36. The molecule has 0 aromatic heterocycles. The van der Waals surface area contributed by atoms with Gasteiger partial charge in [0.2, 0.25) is 5.78 Å². The highest BCUT2D eigenvalue weighted by atomic mass is 16.5. The molecule has 0 radical (unpaired) electrons. The van der Waals surface area contributed by atoms with Crippen molar-refractivity contribution in [1.29, 1.82) is 0 Å². The number of esters is 1. The van der Waals surface area contributed by atoms with Crippen LogP contribution in [-0.4, -0.2) is 29.7 Å². The van der Waals surface area contributed by atoms with Gasteiger partial charge in [-0.3, -0.25) is 14.4 Å². The van der Waals surface area contributed by atoms with Gasteiger partial charge >= 0.3 is 5.97 Å². The van der Waals surface area contributed by atoms with Crippen LogP contribution in [0, 0.1) is 0 Å². The zero-order valence-corrected chi connectivity index (χ0v) is 16.8. The van der Waals surface area contributed by atoms with Gasteiger partial charge in [-0.15, -0.1) is 0 Å². The Hall–Kier alpha value is -4.06. The zero-order chi connectivity index (χ0) is 22.0. The Balaban J connectivity index is 1.49. The molecule has 31 heavy (non-hydrogen) atoms. The lowest BCUT2D eigenvalue weighted by Gasteiger charge is -2.16. The van der Waals surface area contributed by atoms with Crippen LogP contribution < -0.4 is 4.90 Å². The molecular formula is C25H19NO5. The summed E-state index contributed by atoms with van der Waals surface area (Å²) in [5.74, 6) is -1.73. The van der Waals surface area contributed by atoms with Crippen LogP contribution in [0.4, 0.5) is 5.69 Å². The molecule has 0 saturated carbocycles. The molecule has 0 bridgehead atoms. The standard InChI is InChI=1S/C25H19NO5/c1-2-21(22(27)16-8-4-3-5-9-16)31-25(30)17-12-14-18(15-13-17)26-23(28)19-10-6-7-11-20(19)24(26)29/h3-15,21H,2H2,1H3/t21-/m0/s1. The molecule has 0 aliphatic carbocycles. The molecule has 0 unspecified atom stereocenters. The predicted molar refractivity (Wildman–Crippen MR) is 114 cm³/mol. The maximum Gasteiger partial charge on any atom is 0.338 e. The minimum absolute atomic E-state index is 0.222. The topological polar surface area (TPSA) is 80.8 Å². The third kappa shape index (κ3) is 3.75. The van der Waals surface area contributed by atoms with E-state index in [0.717, 1.165) is 4.90 Å². The van der Waals surface area contributed by atoms with Gasteiger partial charge in [-0.05, 0) is 42.8 Å². The fourth-order valence-corrected chi connectivity index (χ4v) is 3.48. The van der Waals surface area contributed by atoms with E-state index >= 15 is 0 Å². The highest BCUT2D eigenvalue weighted by Crippen LogP contribution is 2.28. The molecule has 4 rings (SSSR count). The van der Waals surface area contributed by atoms with Gasteiger partial charge in [-0.1, -0.05) is 49.4 Å². The van der Waals surface area contributed by atoms with Gasteiger partial charge in [0.25, 0.3) is 11.8 Å². The number of carbonyl (C=O) groups excluding carboxylic acids is 4. The number of anilines is 1. The van der Waals surface area contributed by atoms with Gasteiger partial charge in [0.15, 0.2) is 6.10 Å². The van der Waals surface area contributed by atoms with Gasteiger partial charge in [0.1, 0.15) is 0 Å². The Kier molecular flexibility index (Phi) is 5.45. The second-order valence-electron chi connectivity index (χ2n) is 7.07. The third-order valence-corrected chi connectivity index (χ3v) is 5.13. The van der Waals surface area contributed by atoms with Crippen LogP contribution in [-0.2, 0) is 4.74 Å². The summed E-state index contributed by atoms with van der Waals surface area (Å²) in [7, 11) is 0. The summed E-state index contributed by atoms with van der Waals surface area (Å²) in [6, 6.07) is 21.2. The van der Waals surface area contributed by atoms with Crippen molar-refractivity contribution in [3.05, 3.63) is 101 Å². The Morgan fingerprint density at radius 1 is 0.774 bits per heavy atom. The monoisotopic (exact) mass is 413 g/mol. The van der Waals surface area contributed by atoms with Gasteiger partial charge < -0.3 is 4.74 Å². The zero-order valence-electron chi connectivity index (χ0n) is 16.8. The van der Waals surface area contributed by atoms with Crippen molar-refractivity contribution in [3.63, 3.8) is 0 Å². The smallest absolute Gasteiger partial charge is 0.338 e. The van der Waals surface area contributed by atoms with E-state index in [1.165, 1.54) is 24.3 Å².